The maximum absolute atomic E-state index is 5.95. The zero-order valence-corrected chi connectivity index (χ0v) is 17.0. The van der Waals surface area contributed by atoms with Crippen LogP contribution in [0.1, 0.15) is 22.4 Å². The Morgan fingerprint density at radius 3 is 2.54 bits per heavy atom. The molecule has 3 aromatic rings. The molecule has 7 heteroatoms. The predicted octanol–water partition coefficient (Wildman–Crippen LogP) is 4.00. The quantitative estimate of drug-likeness (QED) is 0.703. The second kappa shape index (κ2) is 7.73. The van der Waals surface area contributed by atoms with Gasteiger partial charge in [-0.2, -0.15) is 0 Å². The number of aryl methyl sites for hydroxylation is 3. The first-order chi connectivity index (χ1) is 13.5. The summed E-state index contributed by atoms with van der Waals surface area (Å²) in [4.78, 5) is 16.0. The zero-order chi connectivity index (χ0) is 19.7. The van der Waals surface area contributed by atoms with Gasteiger partial charge in [0, 0.05) is 17.0 Å². The van der Waals surface area contributed by atoms with Crippen molar-refractivity contribution in [3.63, 3.8) is 0 Å². The second-order valence-electron chi connectivity index (χ2n) is 7.15. The van der Waals surface area contributed by atoms with E-state index >= 15 is 0 Å². The van der Waals surface area contributed by atoms with Gasteiger partial charge in [0.15, 0.2) is 0 Å². The third-order valence-corrected chi connectivity index (χ3v) is 5.20. The van der Waals surface area contributed by atoms with E-state index in [1.165, 1.54) is 16.7 Å². The van der Waals surface area contributed by atoms with Crippen LogP contribution in [0.3, 0.4) is 0 Å². The number of halogens is 1. The van der Waals surface area contributed by atoms with Crippen molar-refractivity contribution in [2.24, 2.45) is 4.99 Å². The standard InChI is InChI=1S/C21H23ClN6/c1-13-8-18-15(3)25-21(26-19(18)9-14(13)2)27-20-23-11-28(12-24-20)10-16-4-6-17(22)7-5-16/h4-9H,10-12H2,1-3H3,(H2,23,24,25,26,27). The topological polar surface area (TPSA) is 65.4 Å². The Kier molecular flexibility index (Phi) is 5.15. The summed E-state index contributed by atoms with van der Waals surface area (Å²) in [5, 5.41) is 8.34. The van der Waals surface area contributed by atoms with Crippen LogP contribution >= 0.6 is 11.6 Å². The Labute approximate surface area is 169 Å². The summed E-state index contributed by atoms with van der Waals surface area (Å²) in [6.45, 7) is 8.32. The van der Waals surface area contributed by atoms with Gasteiger partial charge in [-0.15, -0.1) is 0 Å². The Bertz CT molecular complexity index is 1040. The van der Waals surface area contributed by atoms with E-state index in [0.717, 1.165) is 28.2 Å². The largest absolute Gasteiger partial charge is 0.343 e. The van der Waals surface area contributed by atoms with Crippen LogP contribution in [-0.4, -0.2) is 34.2 Å². The van der Waals surface area contributed by atoms with Gasteiger partial charge in [0.25, 0.3) is 0 Å². The highest BCUT2D eigenvalue weighted by Gasteiger charge is 2.14. The third kappa shape index (κ3) is 4.08. The molecule has 0 fully saturated rings. The summed E-state index contributed by atoms with van der Waals surface area (Å²) in [7, 11) is 0. The molecule has 1 aromatic heterocycles. The number of aromatic nitrogens is 2. The minimum Gasteiger partial charge on any atom is -0.343 e. The molecule has 0 atom stereocenters. The van der Waals surface area contributed by atoms with Crippen LogP contribution in [0.2, 0.25) is 5.02 Å². The van der Waals surface area contributed by atoms with Crippen molar-refractivity contribution >= 4 is 34.4 Å². The Balaban J connectivity index is 1.45. The van der Waals surface area contributed by atoms with Gasteiger partial charge in [-0.1, -0.05) is 23.7 Å². The van der Waals surface area contributed by atoms with Crippen LogP contribution in [0.4, 0.5) is 5.95 Å². The minimum atomic E-state index is 0.561. The monoisotopic (exact) mass is 394 g/mol. The zero-order valence-electron chi connectivity index (χ0n) is 16.3. The maximum atomic E-state index is 5.95. The highest BCUT2D eigenvalue weighted by Crippen LogP contribution is 2.21. The van der Waals surface area contributed by atoms with Gasteiger partial charge in [-0.3, -0.25) is 10.2 Å². The molecule has 28 heavy (non-hydrogen) atoms. The first kappa shape index (κ1) is 18.7. The molecule has 0 amide bonds. The van der Waals surface area contributed by atoms with Gasteiger partial charge in [0.05, 0.1) is 24.5 Å². The van der Waals surface area contributed by atoms with Crippen LogP contribution in [0.5, 0.6) is 0 Å². The number of nitrogens with one attached hydrogen (secondary N) is 2. The van der Waals surface area contributed by atoms with E-state index in [0.29, 0.717) is 25.2 Å². The number of hydrogen-bond acceptors (Lipinski definition) is 6. The average molecular weight is 395 g/mol. The van der Waals surface area contributed by atoms with E-state index in [2.05, 4.69) is 56.5 Å². The lowest BCUT2D eigenvalue weighted by Crippen LogP contribution is -2.45. The van der Waals surface area contributed by atoms with Gasteiger partial charge in [-0.25, -0.2) is 15.0 Å². The molecule has 6 nitrogen and oxygen atoms in total. The molecule has 2 heterocycles. The highest BCUT2D eigenvalue weighted by atomic mass is 35.5. The fraction of sp³-hybridized carbons (Fsp3) is 0.286. The molecule has 1 aliphatic heterocycles. The summed E-state index contributed by atoms with van der Waals surface area (Å²) >= 11 is 5.95. The van der Waals surface area contributed by atoms with Crippen LogP contribution < -0.4 is 10.6 Å². The lowest BCUT2D eigenvalue weighted by atomic mass is 10.1. The number of hydrogen-bond donors (Lipinski definition) is 2. The predicted molar refractivity (Wildman–Crippen MR) is 115 cm³/mol. The van der Waals surface area contributed by atoms with Gasteiger partial charge in [0.2, 0.25) is 11.9 Å². The number of guanidine groups is 1. The molecule has 0 bridgehead atoms. The number of benzene rings is 2. The van der Waals surface area contributed by atoms with E-state index in [4.69, 9.17) is 11.6 Å². The Hall–Kier alpha value is -2.70. The summed E-state index contributed by atoms with van der Waals surface area (Å²) < 4.78 is 0. The normalized spacial score (nSPS) is 14.6. The Morgan fingerprint density at radius 2 is 1.82 bits per heavy atom. The highest BCUT2D eigenvalue weighted by molar-refractivity contribution is 6.30. The van der Waals surface area contributed by atoms with Crippen LogP contribution in [-0.2, 0) is 6.54 Å². The third-order valence-electron chi connectivity index (χ3n) is 4.95. The maximum Gasteiger partial charge on any atom is 0.230 e. The van der Waals surface area contributed by atoms with E-state index < -0.39 is 0 Å². The number of rotatable bonds is 3. The van der Waals surface area contributed by atoms with Crippen molar-refractivity contribution in [2.45, 2.75) is 27.3 Å². The molecule has 2 N–H and O–H groups in total. The smallest absolute Gasteiger partial charge is 0.230 e. The summed E-state index contributed by atoms with van der Waals surface area (Å²) in [5.74, 6) is 1.25. The molecule has 144 valence electrons. The molecule has 4 rings (SSSR count). The molecule has 0 saturated carbocycles. The van der Waals surface area contributed by atoms with Crippen molar-refractivity contribution in [3.8, 4) is 0 Å². The van der Waals surface area contributed by atoms with Crippen molar-refractivity contribution in [1.29, 1.82) is 0 Å². The summed E-state index contributed by atoms with van der Waals surface area (Å²) in [5.41, 5.74) is 5.58. The first-order valence-electron chi connectivity index (χ1n) is 9.26. The Morgan fingerprint density at radius 1 is 1.07 bits per heavy atom. The molecular formula is C21H23ClN6. The summed E-state index contributed by atoms with van der Waals surface area (Å²) in [6, 6.07) is 12.1. The number of aliphatic imine (C=N–C) groups is 1. The second-order valence-corrected chi connectivity index (χ2v) is 7.59. The first-order valence-corrected chi connectivity index (χ1v) is 9.63. The van der Waals surface area contributed by atoms with Crippen LogP contribution in [0.25, 0.3) is 10.9 Å². The molecule has 1 aliphatic rings. The molecule has 0 radical (unpaired) electrons. The van der Waals surface area contributed by atoms with Gasteiger partial charge < -0.3 is 5.32 Å². The van der Waals surface area contributed by atoms with Gasteiger partial charge in [-0.05, 0) is 61.7 Å². The fourth-order valence-electron chi connectivity index (χ4n) is 3.20. The number of fused-ring (bicyclic) bond motifs is 1. The van der Waals surface area contributed by atoms with E-state index in [-0.39, 0.29) is 0 Å². The minimum absolute atomic E-state index is 0.561. The SMILES string of the molecule is Cc1cc2nc(NC3=NCN(Cc4ccc(Cl)cc4)CN3)nc(C)c2cc1C. The molecule has 0 aliphatic carbocycles. The van der Waals surface area contributed by atoms with E-state index in [1.54, 1.807) is 0 Å². The number of anilines is 1. The fourth-order valence-corrected chi connectivity index (χ4v) is 3.33. The van der Waals surface area contributed by atoms with Gasteiger partial charge >= 0.3 is 0 Å². The molecule has 2 aromatic carbocycles. The van der Waals surface area contributed by atoms with Crippen LogP contribution in [0, 0.1) is 20.8 Å². The van der Waals surface area contributed by atoms with Crippen molar-refractivity contribution in [3.05, 3.63) is 63.8 Å². The van der Waals surface area contributed by atoms with Crippen molar-refractivity contribution < 1.29 is 0 Å². The lowest BCUT2D eigenvalue weighted by molar-refractivity contribution is 0.256. The molecule has 0 unspecified atom stereocenters. The van der Waals surface area contributed by atoms with Crippen molar-refractivity contribution in [1.82, 2.24) is 20.2 Å². The molecule has 0 spiro atoms. The molecule has 0 saturated heterocycles. The van der Waals surface area contributed by atoms with Crippen molar-refractivity contribution in [2.75, 3.05) is 18.7 Å². The lowest BCUT2D eigenvalue weighted by Gasteiger charge is -2.26. The molecular weight excluding hydrogens is 372 g/mol. The average Bonchev–Trinajstić information content (AvgIpc) is 2.67. The van der Waals surface area contributed by atoms with Gasteiger partial charge in [0.1, 0.15) is 0 Å². The van der Waals surface area contributed by atoms with Crippen LogP contribution in [0.15, 0.2) is 41.4 Å². The summed E-state index contributed by atoms with van der Waals surface area (Å²) in [6.07, 6.45) is 0. The van der Waals surface area contributed by atoms with E-state index in [9.17, 15) is 0 Å². The van der Waals surface area contributed by atoms with E-state index in [1.807, 2.05) is 31.2 Å². The number of nitrogens with zero attached hydrogens (tertiary/aromatic N) is 4.